The Hall–Kier alpha value is -3.25. The summed E-state index contributed by atoms with van der Waals surface area (Å²) < 4.78 is 0. The number of carbonyl (C=O) groups excluding carboxylic acids is 1. The lowest BCUT2D eigenvalue weighted by Crippen LogP contribution is -2.44. The maximum absolute atomic E-state index is 12.5. The van der Waals surface area contributed by atoms with E-state index in [2.05, 4.69) is 49.8 Å². The smallest absolute Gasteiger partial charge is 0.254 e. The van der Waals surface area contributed by atoms with Crippen molar-refractivity contribution in [2.45, 2.75) is 45.2 Å². The van der Waals surface area contributed by atoms with Crippen LogP contribution < -0.4 is 16.0 Å². The van der Waals surface area contributed by atoms with E-state index >= 15 is 0 Å². The van der Waals surface area contributed by atoms with Gasteiger partial charge in [-0.1, -0.05) is 6.92 Å². The largest absolute Gasteiger partial charge is 0.381 e. The summed E-state index contributed by atoms with van der Waals surface area (Å²) in [6, 6.07) is 4.57. The highest BCUT2D eigenvalue weighted by molar-refractivity contribution is 5.99. The van der Waals surface area contributed by atoms with Crippen molar-refractivity contribution >= 4 is 23.2 Å². The van der Waals surface area contributed by atoms with Crippen LogP contribution in [0.3, 0.4) is 0 Å². The molecule has 1 fully saturated rings. The molecule has 30 heavy (non-hydrogen) atoms. The quantitative estimate of drug-likeness (QED) is 0.639. The number of nitrogens with zero attached hydrogens (tertiary/aromatic N) is 5. The van der Waals surface area contributed by atoms with Crippen molar-refractivity contribution in [1.29, 1.82) is 5.26 Å². The molecule has 9 heteroatoms. The molecular formula is C21H28N8O. The minimum Gasteiger partial charge on any atom is -0.381 e. The molecule has 1 aliphatic rings. The zero-order valence-electron chi connectivity index (χ0n) is 17.6. The van der Waals surface area contributed by atoms with E-state index < -0.39 is 0 Å². The number of anilines is 3. The molecule has 1 aliphatic heterocycles. The molecule has 2 aromatic heterocycles. The van der Waals surface area contributed by atoms with Gasteiger partial charge in [-0.15, -0.1) is 0 Å². The second-order valence-corrected chi connectivity index (χ2v) is 7.41. The number of pyridine rings is 1. The van der Waals surface area contributed by atoms with Crippen molar-refractivity contribution < 1.29 is 4.79 Å². The zero-order valence-corrected chi connectivity index (χ0v) is 17.6. The van der Waals surface area contributed by atoms with Gasteiger partial charge >= 0.3 is 0 Å². The Morgan fingerprint density at radius 3 is 2.70 bits per heavy atom. The van der Waals surface area contributed by atoms with Gasteiger partial charge < -0.3 is 20.9 Å². The summed E-state index contributed by atoms with van der Waals surface area (Å²) in [5.41, 5.74) is 1.50. The Labute approximate surface area is 176 Å². The minimum atomic E-state index is -0.155. The number of aromatic nitrogens is 3. The molecule has 0 aliphatic carbocycles. The first kappa shape index (κ1) is 21.5. The predicted octanol–water partition coefficient (Wildman–Crippen LogP) is 2.52. The van der Waals surface area contributed by atoms with Gasteiger partial charge in [-0.2, -0.15) is 5.26 Å². The van der Waals surface area contributed by atoms with Gasteiger partial charge in [0.15, 0.2) is 5.69 Å². The highest BCUT2D eigenvalue weighted by Crippen LogP contribution is 2.26. The molecule has 0 bridgehead atoms. The first-order valence-corrected chi connectivity index (χ1v) is 10.3. The van der Waals surface area contributed by atoms with Crippen molar-refractivity contribution in [2.24, 2.45) is 0 Å². The van der Waals surface area contributed by atoms with Crippen molar-refractivity contribution in [3.05, 3.63) is 35.9 Å². The zero-order chi connectivity index (χ0) is 21.5. The number of likely N-dealkylation sites (tertiary alicyclic amines) is 1. The van der Waals surface area contributed by atoms with Crippen LogP contribution in [0.4, 0.5) is 17.3 Å². The topological polar surface area (TPSA) is 119 Å². The summed E-state index contributed by atoms with van der Waals surface area (Å²) in [5.74, 6) is 0.866. The van der Waals surface area contributed by atoms with Crippen LogP contribution in [0.5, 0.6) is 0 Å². The molecule has 3 rings (SSSR count). The second kappa shape index (κ2) is 9.98. The third kappa shape index (κ3) is 5.21. The normalized spacial score (nSPS) is 19.0. The molecule has 0 radical (unpaired) electrons. The van der Waals surface area contributed by atoms with Gasteiger partial charge in [0, 0.05) is 37.4 Å². The van der Waals surface area contributed by atoms with Gasteiger partial charge in [0.25, 0.3) is 5.91 Å². The Bertz CT molecular complexity index is 908. The minimum absolute atomic E-state index is 0.155. The molecule has 9 nitrogen and oxygen atoms in total. The summed E-state index contributed by atoms with van der Waals surface area (Å²) in [6.45, 7) is 5.66. The SMILES string of the molecule is CCNC(=O)c1cnc(Nc2cnc(C#N)cn2)cc1NC1CCN(C)C(CC)C1. The van der Waals surface area contributed by atoms with Crippen molar-refractivity contribution in [3.8, 4) is 6.07 Å². The molecule has 0 spiro atoms. The number of nitrogens with one attached hydrogen (secondary N) is 3. The Morgan fingerprint density at radius 2 is 2.03 bits per heavy atom. The number of carbonyl (C=O) groups is 1. The Kier molecular flexibility index (Phi) is 7.14. The average Bonchev–Trinajstić information content (AvgIpc) is 2.76. The lowest BCUT2D eigenvalue weighted by molar-refractivity contribution is 0.0956. The number of rotatable bonds is 7. The first-order chi connectivity index (χ1) is 14.5. The van der Waals surface area contributed by atoms with Gasteiger partial charge in [0.1, 0.15) is 17.7 Å². The van der Waals surface area contributed by atoms with E-state index in [1.54, 1.807) is 6.20 Å². The third-order valence-electron chi connectivity index (χ3n) is 5.35. The van der Waals surface area contributed by atoms with Crippen molar-refractivity contribution in [2.75, 3.05) is 30.8 Å². The molecule has 2 aromatic rings. The van der Waals surface area contributed by atoms with Crippen molar-refractivity contribution in [3.63, 3.8) is 0 Å². The molecule has 3 N–H and O–H groups in total. The van der Waals surface area contributed by atoms with Crippen LogP contribution in [0.15, 0.2) is 24.7 Å². The number of nitriles is 1. The first-order valence-electron chi connectivity index (χ1n) is 10.3. The molecule has 1 amide bonds. The number of hydrogen-bond acceptors (Lipinski definition) is 8. The van der Waals surface area contributed by atoms with Crippen LogP contribution in [0, 0.1) is 11.3 Å². The molecule has 0 aromatic carbocycles. The summed E-state index contributed by atoms with van der Waals surface area (Å²) in [7, 11) is 2.16. The molecule has 1 saturated heterocycles. The van der Waals surface area contributed by atoms with E-state index in [4.69, 9.17) is 5.26 Å². The van der Waals surface area contributed by atoms with Gasteiger partial charge in [0.05, 0.1) is 23.6 Å². The standard InChI is InChI=1S/C21H28N8O/c1-4-16-8-14(6-7-29(16)3)27-18-9-19(26-12-17(18)21(30)23-5-2)28-20-13-24-15(10-22)11-25-20/h9,11-14,16H,4-8H2,1-3H3,(H,23,30)(H2,25,26,27,28). The lowest BCUT2D eigenvalue weighted by Gasteiger charge is -2.37. The van der Waals surface area contributed by atoms with Crippen LogP contribution in [-0.2, 0) is 0 Å². The number of piperidine rings is 1. The fraction of sp³-hybridized carbons (Fsp3) is 0.476. The number of amides is 1. The van der Waals surface area contributed by atoms with E-state index in [-0.39, 0.29) is 17.6 Å². The van der Waals surface area contributed by atoms with E-state index in [0.717, 1.165) is 31.5 Å². The van der Waals surface area contributed by atoms with Gasteiger partial charge in [-0.05, 0) is 33.2 Å². The molecular weight excluding hydrogens is 380 g/mol. The van der Waals surface area contributed by atoms with Crippen molar-refractivity contribution in [1.82, 2.24) is 25.2 Å². The molecule has 2 atom stereocenters. The highest BCUT2D eigenvalue weighted by Gasteiger charge is 2.26. The third-order valence-corrected chi connectivity index (χ3v) is 5.35. The molecule has 158 valence electrons. The average molecular weight is 409 g/mol. The van der Waals surface area contributed by atoms with Gasteiger partial charge in [0.2, 0.25) is 0 Å². The highest BCUT2D eigenvalue weighted by atomic mass is 16.1. The van der Waals surface area contributed by atoms with Crippen LogP contribution in [0.1, 0.15) is 49.2 Å². The van der Waals surface area contributed by atoms with Crippen LogP contribution in [-0.4, -0.2) is 58.0 Å². The van der Waals surface area contributed by atoms with E-state index in [9.17, 15) is 4.79 Å². The van der Waals surface area contributed by atoms with Crippen LogP contribution in [0.2, 0.25) is 0 Å². The molecule has 0 saturated carbocycles. The van der Waals surface area contributed by atoms with E-state index in [1.807, 2.05) is 19.1 Å². The van der Waals surface area contributed by atoms with E-state index in [1.165, 1.54) is 12.4 Å². The van der Waals surface area contributed by atoms with Crippen LogP contribution >= 0.6 is 0 Å². The summed E-state index contributed by atoms with van der Waals surface area (Å²) in [4.78, 5) is 27.5. The lowest BCUT2D eigenvalue weighted by atomic mass is 9.95. The number of hydrogen-bond donors (Lipinski definition) is 3. The molecule has 3 heterocycles. The van der Waals surface area contributed by atoms with Crippen LogP contribution in [0.25, 0.3) is 0 Å². The summed E-state index contributed by atoms with van der Waals surface area (Å²) in [6.07, 6.45) is 7.57. The maximum atomic E-state index is 12.5. The monoisotopic (exact) mass is 408 g/mol. The van der Waals surface area contributed by atoms with Gasteiger partial charge in [-0.25, -0.2) is 15.0 Å². The second-order valence-electron chi connectivity index (χ2n) is 7.41. The van der Waals surface area contributed by atoms with E-state index in [0.29, 0.717) is 29.8 Å². The fourth-order valence-electron chi connectivity index (χ4n) is 3.66. The Balaban J connectivity index is 1.82. The summed E-state index contributed by atoms with van der Waals surface area (Å²) >= 11 is 0. The predicted molar refractivity (Wildman–Crippen MR) is 116 cm³/mol. The fourth-order valence-corrected chi connectivity index (χ4v) is 3.66. The summed E-state index contributed by atoms with van der Waals surface area (Å²) in [5, 5.41) is 18.4. The maximum Gasteiger partial charge on any atom is 0.254 e. The Morgan fingerprint density at radius 1 is 1.23 bits per heavy atom. The van der Waals surface area contributed by atoms with Gasteiger partial charge in [-0.3, -0.25) is 4.79 Å². The molecule has 2 unspecified atom stereocenters.